The van der Waals surface area contributed by atoms with E-state index in [4.69, 9.17) is 5.73 Å². The normalized spacial score (nSPS) is 11.7. The van der Waals surface area contributed by atoms with E-state index >= 15 is 0 Å². The number of hydrogen-bond donors (Lipinski definition) is 1. The third kappa shape index (κ3) is 2.97. The number of hydrogen-bond acceptors (Lipinski definition) is 4. The van der Waals surface area contributed by atoms with Crippen LogP contribution in [-0.2, 0) is 9.53 Å². The minimum Gasteiger partial charge on any atom is -0.469 e. The molecule has 4 nitrogen and oxygen atoms in total. The van der Waals surface area contributed by atoms with E-state index in [1.165, 1.54) is 7.11 Å². The monoisotopic (exact) mass is 266 g/mol. The zero-order valence-electron chi connectivity index (χ0n) is 10.00. The minimum absolute atomic E-state index is 0. The maximum atomic E-state index is 11.2. The first-order valence-corrected chi connectivity index (χ1v) is 5.38. The number of nitrogens with two attached hydrogens (primary N) is 1. The van der Waals surface area contributed by atoms with Crippen molar-refractivity contribution in [1.29, 1.82) is 0 Å². The lowest BCUT2D eigenvalue weighted by Crippen LogP contribution is -2.16. The van der Waals surface area contributed by atoms with E-state index in [0.717, 1.165) is 16.5 Å². The van der Waals surface area contributed by atoms with E-state index in [-0.39, 0.29) is 30.8 Å². The van der Waals surface area contributed by atoms with Crippen LogP contribution in [0.25, 0.3) is 10.9 Å². The van der Waals surface area contributed by atoms with Gasteiger partial charge < -0.3 is 10.5 Å². The van der Waals surface area contributed by atoms with Gasteiger partial charge in [-0.05, 0) is 17.7 Å². The molecular weight excluding hydrogens is 252 g/mol. The number of para-hydroxylation sites is 1. The van der Waals surface area contributed by atoms with Crippen molar-refractivity contribution < 1.29 is 9.53 Å². The molecule has 0 radical (unpaired) electrons. The number of pyridine rings is 1. The van der Waals surface area contributed by atoms with E-state index in [9.17, 15) is 4.79 Å². The molecule has 0 amide bonds. The van der Waals surface area contributed by atoms with Crippen LogP contribution in [0, 0.1) is 0 Å². The Kier molecular flexibility index (Phi) is 5.07. The molecule has 96 valence electrons. The average molecular weight is 267 g/mol. The van der Waals surface area contributed by atoms with E-state index in [1.807, 2.05) is 30.3 Å². The SMILES string of the molecule is COC(=O)C[C@H](N)c1ccnc2ccccc12.Cl. The highest BCUT2D eigenvalue weighted by atomic mass is 35.5. The number of methoxy groups -OCH3 is 1. The van der Waals surface area contributed by atoms with Gasteiger partial charge in [-0.1, -0.05) is 18.2 Å². The molecule has 0 aliphatic heterocycles. The molecule has 0 bridgehead atoms. The fraction of sp³-hybridized carbons (Fsp3) is 0.231. The Labute approximate surface area is 112 Å². The van der Waals surface area contributed by atoms with Crippen molar-refractivity contribution in [2.24, 2.45) is 5.73 Å². The molecule has 0 aliphatic carbocycles. The number of halogens is 1. The second kappa shape index (κ2) is 6.33. The molecule has 1 aromatic heterocycles. The predicted molar refractivity (Wildman–Crippen MR) is 72.6 cm³/mol. The van der Waals surface area contributed by atoms with Gasteiger partial charge in [0.25, 0.3) is 0 Å². The lowest BCUT2D eigenvalue weighted by molar-refractivity contribution is -0.141. The number of fused-ring (bicyclic) bond motifs is 1. The second-order valence-electron chi connectivity index (χ2n) is 3.80. The average Bonchev–Trinajstić information content (AvgIpc) is 2.37. The molecule has 2 aromatic rings. The lowest BCUT2D eigenvalue weighted by atomic mass is 10.0. The first-order chi connectivity index (χ1) is 8.22. The summed E-state index contributed by atoms with van der Waals surface area (Å²) in [4.78, 5) is 15.5. The number of benzene rings is 1. The van der Waals surface area contributed by atoms with Crippen molar-refractivity contribution in [3.05, 3.63) is 42.1 Å². The van der Waals surface area contributed by atoms with Crippen LogP contribution in [0.1, 0.15) is 18.0 Å². The number of esters is 1. The highest BCUT2D eigenvalue weighted by Gasteiger charge is 2.14. The quantitative estimate of drug-likeness (QED) is 0.865. The summed E-state index contributed by atoms with van der Waals surface area (Å²) < 4.78 is 4.62. The third-order valence-corrected chi connectivity index (χ3v) is 2.70. The summed E-state index contributed by atoms with van der Waals surface area (Å²) in [5.74, 6) is -0.307. The van der Waals surface area contributed by atoms with Gasteiger partial charge in [-0.15, -0.1) is 12.4 Å². The van der Waals surface area contributed by atoms with E-state index in [0.29, 0.717) is 0 Å². The Morgan fingerprint density at radius 1 is 1.39 bits per heavy atom. The molecule has 1 atom stereocenters. The van der Waals surface area contributed by atoms with Gasteiger partial charge >= 0.3 is 5.97 Å². The fourth-order valence-electron chi connectivity index (χ4n) is 1.81. The van der Waals surface area contributed by atoms with Gasteiger partial charge in [-0.25, -0.2) is 0 Å². The Bertz CT molecular complexity index is 540. The van der Waals surface area contributed by atoms with Crippen molar-refractivity contribution in [2.75, 3.05) is 7.11 Å². The number of rotatable bonds is 3. The second-order valence-corrected chi connectivity index (χ2v) is 3.80. The zero-order valence-corrected chi connectivity index (χ0v) is 10.8. The predicted octanol–water partition coefficient (Wildman–Crippen LogP) is 2.22. The molecule has 1 aromatic carbocycles. The van der Waals surface area contributed by atoms with E-state index in [1.54, 1.807) is 6.20 Å². The molecule has 2 rings (SSSR count). The molecule has 0 saturated heterocycles. The summed E-state index contributed by atoms with van der Waals surface area (Å²) >= 11 is 0. The largest absolute Gasteiger partial charge is 0.469 e. The summed E-state index contributed by atoms with van der Waals surface area (Å²) in [6.45, 7) is 0. The van der Waals surface area contributed by atoms with Crippen LogP contribution >= 0.6 is 12.4 Å². The van der Waals surface area contributed by atoms with Crippen LogP contribution < -0.4 is 5.73 Å². The molecule has 5 heteroatoms. The third-order valence-electron chi connectivity index (χ3n) is 2.70. The number of ether oxygens (including phenoxy) is 1. The molecular formula is C13H15ClN2O2. The summed E-state index contributed by atoms with van der Waals surface area (Å²) in [6, 6.07) is 9.20. The Morgan fingerprint density at radius 2 is 2.11 bits per heavy atom. The standard InChI is InChI=1S/C13H14N2O2.ClH/c1-17-13(16)8-11(14)9-6-7-15-12-5-3-2-4-10(9)12;/h2-7,11H,8,14H2,1H3;1H/t11-;/m0./s1. The number of aromatic nitrogens is 1. The molecule has 18 heavy (non-hydrogen) atoms. The summed E-state index contributed by atoms with van der Waals surface area (Å²) in [5.41, 5.74) is 7.81. The van der Waals surface area contributed by atoms with Gasteiger partial charge in [0, 0.05) is 17.6 Å². The van der Waals surface area contributed by atoms with E-state index in [2.05, 4.69) is 9.72 Å². The van der Waals surface area contributed by atoms with Gasteiger partial charge in [-0.3, -0.25) is 9.78 Å². The summed E-state index contributed by atoms with van der Waals surface area (Å²) in [5, 5.41) is 0.978. The highest BCUT2D eigenvalue weighted by Crippen LogP contribution is 2.23. The van der Waals surface area contributed by atoms with Gasteiger partial charge in [0.05, 0.1) is 19.0 Å². The van der Waals surface area contributed by atoms with Crippen LogP contribution in [0.4, 0.5) is 0 Å². The molecule has 0 aliphatic rings. The molecule has 0 saturated carbocycles. The van der Waals surface area contributed by atoms with Gasteiger partial charge in [0.1, 0.15) is 0 Å². The topological polar surface area (TPSA) is 65.2 Å². The van der Waals surface area contributed by atoms with Crippen LogP contribution in [0.5, 0.6) is 0 Å². The summed E-state index contributed by atoms with van der Waals surface area (Å²) in [7, 11) is 1.36. The van der Waals surface area contributed by atoms with Crippen molar-refractivity contribution in [2.45, 2.75) is 12.5 Å². The van der Waals surface area contributed by atoms with E-state index < -0.39 is 0 Å². The first kappa shape index (κ1) is 14.4. The maximum absolute atomic E-state index is 11.2. The van der Waals surface area contributed by atoms with Crippen molar-refractivity contribution in [3.8, 4) is 0 Å². The zero-order chi connectivity index (χ0) is 12.3. The van der Waals surface area contributed by atoms with Crippen LogP contribution in [0.15, 0.2) is 36.5 Å². The van der Waals surface area contributed by atoms with Gasteiger partial charge in [0.15, 0.2) is 0 Å². The van der Waals surface area contributed by atoms with Crippen molar-refractivity contribution in [1.82, 2.24) is 4.98 Å². The number of nitrogens with zero attached hydrogens (tertiary/aromatic N) is 1. The molecule has 2 N–H and O–H groups in total. The number of carbonyl (C=O) groups excluding carboxylic acids is 1. The van der Waals surface area contributed by atoms with Crippen LogP contribution in [0.2, 0.25) is 0 Å². The van der Waals surface area contributed by atoms with Gasteiger partial charge in [-0.2, -0.15) is 0 Å². The highest BCUT2D eigenvalue weighted by molar-refractivity contribution is 5.85. The van der Waals surface area contributed by atoms with Crippen molar-refractivity contribution in [3.63, 3.8) is 0 Å². The maximum Gasteiger partial charge on any atom is 0.307 e. The Hall–Kier alpha value is -1.65. The summed E-state index contributed by atoms with van der Waals surface area (Å²) in [6.07, 6.45) is 1.87. The molecule has 1 heterocycles. The van der Waals surface area contributed by atoms with Crippen LogP contribution in [-0.4, -0.2) is 18.1 Å². The number of carbonyl (C=O) groups is 1. The minimum atomic E-state index is -0.365. The first-order valence-electron chi connectivity index (χ1n) is 5.38. The molecule has 0 unspecified atom stereocenters. The van der Waals surface area contributed by atoms with Crippen LogP contribution in [0.3, 0.4) is 0 Å². The molecule has 0 spiro atoms. The Morgan fingerprint density at radius 3 is 2.83 bits per heavy atom. The molecule has 0 fully saturated rings. The fourth-order valence-corrected chi connectivity index (χ4v) is 1.81. The Balaban J connectivity index is 0.00000162. The lowest BCUT2D eigenvalue weighted by Gasteiger charge is -2.12. The smallest absolute Gasteiger partial charge is 0.307 e. The van der Waals surface area contributed by atoms with Crippen molar-refractivity contribution >= 4 is 29.3 Å². The van der Waals surface area contributed by atoms with Gasteiger partial charge in [0.2, 0.25) is 0 Å².